The SMILES string of the molecule is C[C@@H]1CCS(=O)(=O)O1. The fourth-order valence-electron chi connectivity index (χ4n) is 0.657. The standard InChI is InChI=1S/C4H8O3S/c1-4-2-3-8(5,6)7-4/h4H,2-3H2,1H3/t4-/m1/s1. The Morgan fingerprint density at radius 1 is 1.62 bits per heavy atom. The zero-order chi connectivity index (χ0) is 6.20. The van der Waals surface area contributed by atoms with Crippen LogP contribution in [0.15, 0.2) is 0 Å². The predicted octanol–water partition coefficient (Wildman–Crippen LogP) is 0.125. The first-order valence-corrected chi connectivity index (χ1v) is 4.09. The maximum atomic E-state index is 10.4. The second kappa shape index (κ2) is 1.70. The van der Waals surface area contributed by atoms with Crippen molar-refractivity contribution in [1.82, 2.24) is 0 Å². The molecule has 0 aromatic carbocycles. The van der Waals surface area contributed by atoms with E-state index >= 15 is 0 Å². The van der Waals surface area contributed by atoms with E-state index in [0.29, 0.717) is 6.42 Å². The highest BCUT2D eigenvalue weighted by atomic mass is 32.2. The molecule has 1 heterocycles. The number of hydrogen-bond donors (Lipinski definition) is 0. The predicted molar refractivity (Wildman–Crippen MR) is 29.0 cm³/mol. The minimum atomic E-state index is -3.10. The van der Waals surface area contributed by atoms with Crippen LogP contribution in [-0.2, 0) is 14.3 Å². The molecule has 0 unspecified atom stereocenters. The highest BCUT2D eigenvalue weighted by Crippen LogP contribution is 2.13. The van der Waals surface area contributed by atoms with E-state index in [-0.39, 0.29) is 11.9 Å². The molecular formula is C4H8O3S. The maximum Gasteiger partial charge on any atom is 0.267 e. The van der Waals surface area contributed by atoms with Gasteiger partial charge in [0.15, 0.2) is 0 Å². The van der Waals surface area contributed by atoms with E-state index in [1.165, 1.54) is 0 Å². The van der Waals surface area contributed by atoms with Crippen LogP contribution < -0.4 is 0 Å². The molecule has 0 amide bonds. The highest BCUT2D eigenvalue weighted by Gasteiger charge is 2.24. The lowest BCUT2D eigenvalue weighted by Gasteiger charge is -1.93. The second-order valence-corrected chi connectivity index (χ2v) is 3.67. The van der Waals surface area contributed by atoms with Crippen molar-refractivity contribution in [3.05, 3.63) is 0 Å². The topological polar surface area (TPSA) is 43.4 Å². The monoisotopic (exact) mass is 136 g/mol. The van der Waals surface area contributed by atoms with Gasteiger partial charge in [-0.1, -0.05) is 0 Å². The molecule has 1 fully saturated rings. The third-order valence-corrected chi connectivity index (χ3v) is 2.44. The van der Waals surface area contributed by atoms with Crippen LogP contribution in [0.2, 0.25) is 0 Å². The molecule has 0 aromatic rings. The smallest absolute Gasteiger partial charge is 0.267 e. The summed E-state index contributed by atoms with van der Waals surface area (Å²) in [4.78, 5) is 0. The summed E-state index contributed by atoms with van der Waals surface area (Å²) in [5.41, 5.74) is 0. The summed E-state index contributed by atoms with van der Waals surface area (Å²) in [5, 5.41) is 0. The van der Waals surface area contributed by atoms with Gasteiger partial charge in [-0.25, -0.2) is 0 Å². The largest absolute Gasteiger partial charge is 0.267 e. The molecule has 4 heteroatoms. The van der Waals surface area contributed by atoms with Crippen LogP contribution in [0, 0.1) is 0 Å². The Hall–Kier alpha value is -0.0900. The first kappa shape index (κ1) is 6.04. The Labute approximate surface area is 48.8 Å². The van der Waals surface area contributed by atoms with E-state index in [9.17, 15) is 8.42 Å². The molecule has 0 radical (unpaired) electrons. The Bertz CT molecular complexity index is 170. The van der Waals surface area contributed by atoms with Crippen LogP contribution >= 0.6 is 0 Å². The van der Waals surface area contributed by atoms with Gasteiger partial charge in [0, 0.05) is 0 Å². The molecule has 0 bridgehead atoms. The molecule has 0 N–H and O–H groups in total. The zero-order valence-electron chi connectivity index (χ0n) is 4.62. The molecule has 3 nitrogen and oxygen atoms in total. The Balaban J connectivity index is 2.71. The quantitative estimate of drug-likeness (QED) is 0.444. The van der Waals surface area contributed by atoms with Gasteiger partial charge in [0.05, 0.1) is 11.9 Å². The van der Waals surface area contributed by atoms with E-state index in [1.54, 1.807) is 6.92 Å². The van der Waals surface area contributed by atoms with E-state index in [0.717, 1.165) is 0 Å². The molecule has 1 atom stereocenters. The van der Waals surface area contributed by atoms with Crippen molar-refractivity contribution in [2.75, 3.05) is 5.75 Å². The zero-order valence-corrected chi connectivity index (χ0v) is 5.44. The Morgan fingerprint density at radius 3 is 2.38 bits per heavy atom. The van der Waals surface area contributed by atoms with Crippen molar-refractivity contribution >= 4 is 10.1 Å². The van der Waals surface area contributed by atoms with Gasteiger partial charge < -0.3 is 0 Å². The van der Waals surface area contributed by atoms with Crippen molar-refractivity contribution < 1.29 is 12.6 Å². The van der Waals surface area contributed by atoms with Gasteiger partial charge in [0.2, 0.25) is 0 Å². The minimum absolute atomic E-state index is 0.0972. The van der Waals surface area contributed by atoms with Crippen molar-refractivity contribution in [3.8, 4) is 0 Å². The summed E-state index contributed by atoms with van der Waals surface area (Å²) >= 11 is 0. The third kappa shape index (κ3) is 1.20. The third-order valence-electron chi connectivity index (χ3n) is 1.09. The number of hydrogen-bond acceptors (Lipinski definition) is 3. The molecule has 1 saturated heterocycles. The van der Waals surface area contributed by atoms with Gasteiger partial charge in [-0.05, 0) is 13.3 Å². The normalized spacial score (nSPS) is 35.4. The van der Waals surface area contributed by atoms with Gasteiger partial charge in [0.25, 0.3) is 10.1 Å². The molecule has 1 rings (SSSR count). The van der Waals surface area contributed by atoms with Gasteiger partial charge in [-0.15, -0.1) is 0 Å². The molecule has 48 valence electrons. The fourth-order valence-corrected chi connectivity index (χ4v) is 1.97. The highest BCUT2D eigenvalue weighted by molar-refractivity contribution is 7.86. The summed E-state index contributed by atoms with van der Waals surface area (Å²) in [6.07, 6.45) is 0.544. The summed E-state index contributed by atoms with van der Waals surface area (Å²) in [6, 6.07) is 0. The lowest BCUT2D eigenvalue weighted by atomic mass is 10.3. The van der Waals surface area contributed by atoms with Gasteiger partial charge in [-0.2, -0.15) is 8.42 Å². The molecule has 1 aliphatic heterocycles. The number of rotatable bonds is 0. The molecule has 0 aromatic heterocycles. The average Bonchev–Trinajstić information content (AvgIpc) is 1.82. The first-order valence-electron chi connectivity index (χ1n) is 2.51. The van der Waals surface area contributed by atoms with E-state index in [1.807, 2.05) is 0 Å². The summed E-state index contributed by atoms with van der Waals surface area (Å²) in [7, 11) is -3.10. The van der Waals surface area contributed by atoms with Crippen molar-refractivity contribution in [2.45, 2.75) is 19.4 Å². The lowest BCUT2D eigenvalue weighted by molar-refractivity contribution is 0.258. The maximum absolute atomic E-state index is 10.4. The molecular weight excluding hydrogens is 128 g/mol. The van der Waals surface area contributed by atoms with Crippen LogP contribution in [0.3, 0.4) is 0 Å². The molecule has 0 aliphatic carbocycles. The summed E-state index contributed by atoms with van der Waals surface area (Å²) < 4.78 is 25.4. The van der Waals surface area contributed by atoms with Crippen LogP contribution in [0.1, 0.15) is 13.3 Å². The van der Waals surface area contributed by atoms with E-state index < -0.39 is 10.1 Å². The van der Waals surface area contributed by atoms with Crippen LogP contribution in [0.4, 0.5) is 0 Å². The van der Waals surface area contributed by atoms with Crippen LogP contribution in [0.5, 0.6) is 0 Å². The van der Waals surface area contributed by atoms with Gasteiger partial charge in [0.1, 0.15) is 0 Å². The fraction of sp³-hybridized carbons (Fsp3) is 1.00. The molecule has 0 spiro atoms. The summed E-state index contributed by atoms with van der Waals surface area (Å²) in [6.45, 7) is 1.75. The first-order chi connectivity index (χ1) is 3.60. The lowest BCUT2D eigenvalue weighted by Crippen LogP contribution is -2.01. The summed E-state index contributed by atoms with van der Waals surface area (Å²) in [5.74, 6) is 0.189. The molecule has 0 saturated carbocycles. The Kier molecular flexibility index (Phi) is 1.28. The van der Waals surface area contributed by atoms with Crippen LogP contribution in [-0.4, -0.2) is 20.3 Å². The van der Waals surface area contributed by atoms with E-state index in [2.05, 4.69) is 4.18 Å². The molecule has 1 aliphatic rings. The van der Waals surface area contributed by atoms with Crippen LogP contribution in [0.25, 0.3) is 0 Å². The second-order valence-electron chi connectivity index (χ2n) is 1.96. The van der Waals surface area contributed by atoms with Gasteiger partial charge >= 0.3 is 0 Å². The Morgan fingerprint density at radius 2 is 2.25 bits per heavy atom. The van der Waals surface area contributed by atoms with Crippen molar-refractivity contribution in [2.24, 2.45) is 0 Å². The van der Waals surface area contributed by atoms with Crippen molar-refractivity contribution in [1.29, 1.82) is 0 Å². The van der Waals surface area contributed by atoms with E-state index in [4.69, 9.17) is 0 Å². The molecule has 8 heavy (non-hydrogen) atoms. The average molecular weight is 136 g/mol. The van der Waals surface area contributed by atoms with Gasteiger partial charge in [-0.3, -0.25) is 4.18 Å². The van der Waals surface area contributed by atoms with Crippen molar-refractivity contribution in [3.63, 3.8) is 0 Å². The minimum Gasteiger partial charge on any atom is -0.267 e.